The van der Waals surface area contributed by atoms with Crippen molar-refractivity contribution in [2.24, 2.45) is 0 Å². The number of aliphatic hydroxyl groups excluding tert-OH is 1. The van der Waals surface area contributed by atoms with Gasteiger partial charge in [0.1, 0.15) is 11.6 Å². The van der Waals surface area contributed by atoms with E-state index in [0.29, 0.717) is 0 Å². The van der Waals surface area contributed by atoms with Crippen LogP contribution < -0.4 is 5.32 Å². The molecule has 1 fully saturated rings. The molecule has 0 atom stereocenters. The van der Waals surface area contributed by atoms with Crippen molar-refractivity contribution in [3.05, 3.63) is 34.9 Å². The zero-order chi connectivity index (χ0) is 14.6. The summed E-state index contributed by atoms with van der Waals surface area (Å²) in [5.74, 6) is -1.45. The fourth-order valence-electron chi connectivity index (χ4n) is 2.73. The third-order valence-corrected chi connectivity index (χ3v) is 4.02. The lowest BCUT2D eigenvalue weighted by Gasteiger charge is -2.36. The molecule has 0 amide bonds. The quantitative estimate of drug-likeness (QED) is 0.891. The zero-order valence-corrected chi connectivity index (χ0v) is 11.3. The molecule has 0 aliphatic heterocycles. The van der Waals surface area contributed by atoms with Crippen molar-refractivity contribution >= 4 is 0 Å². The molecule has 2 rings (SSSR count). The lowest BCUT2D eigenvalue weighted by Crippen LogP contribution is -2.49. The molecule has 0 saturated heterocycles. The summed E-state index contributed by atoms with van der Waals surface area (Å²) in [6, 6.07) is 3.79. The highest BCUT2D eigenvalue weighted by Crippen LogP contribution is 2.28. The van der Waals surface area contributed by atoms with Crippen LogP contribution in [0.15, 0.2) is 12.1 Å². The van der Waals surface area contributed by atoms with E-state index in [1.807, 2.05) is 0 Å². The van der Waals surface area contributed by atoms with E-state index in [-0.39, 0.29) is 24.3 Å². The van der Waals surface area contributed by atoms with Gasteiger partial charge in [0.25, 0.3) is 0 Å². The summed E-state index contributed by atoms with van der Waals surface area (Å²) in [7, 11) is 0. The van der Waals surface area contributed by atoms with E-state index >= 15 is 0 Å². The molecule has 0 unspecified atom stereocenters. The average Bonchev–Trinajstić information content (AvgIpc) is 2.47. The van der Waals surface area contributed by atoms with Gasteiger partial charge in [0.2, 0.25) is 0 Å². The van der Waals surface area contributed by atoms with Crippen LogP contribution >= 0.6 is 0 Å². The van der Waals surface area contributed by atoms with Crippen LogP contribution in [-0.4, -0.2) is 17.3 Å². The number of benzene rings is 1. The van der Waals surface area contributed by atoms with Crippen molar-refractivity contribution < 1.29 is 13.9 Å². The van der Waals surface area contributed by atoms with Gasteiger partial charge in [-0.3, -0.25) is 0 Å². The maximum Gasteiger partial charge on any atom is 0.131 e. The molecular formula is C15H18F2N2O. The highest BCUT2D eigenvalue weighted by atomic mass is 19.1. The molecule has 0 aromatic heterocycles. The van der Waals surface area contributed by atoms with Gasteiger partial charge in [0, 0.05) is 17.6 Å². The van der Waals surface area contributed by atoms with Gasteiger partial charge in [-0.25, -0.2) is 8.78 Å². The number of hydrogen-bond acceptors (Lipinski definition) is 3. The molecule has 1 aromatic carbocycles. The van der Waals surface area contributed by atoms with Crippen molar-refractivity contribution in [1.82, 2.24) is 5.32 Å². The number of nitrogens with one attached hydrogen (secondary N) is 1. The summed E-state index contributed by atoms with van der Waals surface area (Å²) >= 11 is 0. The molecule has 20 heavy (non-hydrogen) atoms. The van der Waals surface area contributed by atoms with Crippen LogP contribution in [-0.2, 0) is 6.54 Å². The molecule has 2 N–H and O–H groups in total. The van der Waals surface area contributed by atoms with E-state index in [4.69, 9.17) is 5.26 Å². The molecule has 0 radical (unpaired) electrons. The van der Waals surface area contributed by atoms with Crippen LogP contribution in [0, 0.1) is 23.0 Å². The van der Waals surface area contributed by atoms with E-state index in [0.717, 1.165) is 44.2 Å². The normalized spacial score (nSPS) is 17.7. The van der Waals surface area contributed by atoms with Crippen molar-refractivity contribution in [2.45, 2.75) is 44.2 Å². The van der Waals surface area contributed by atoms with Crippen molar-refractivity contribution in [1.29, 1.82) is 5.26 Å². The van der Waals surface area contributed by atoms with E-state index in [1.165, 1.54) is 0 Å². The van der Waals surface area contributed by atoms with Gasteiger partial charge in [-0.05, 0) is 25.0 Å². The maximum atomic E-state index is 13.8. The molecule has 0 bridgehead atoms. The zero-order valence-electron chi connectivity index (χ0n) is 11.3. The standard InChI is InChI=1S/C15H18F2N2O/c16-13-6-11(8-18)7-14(17)12(13)9-19-15(10-20)4-2-1-3-5-15/h6-7,19-20H,1-5,9-10H2. The second-order valence-corrected chi connectivity index (χ2v) is 5.38. The number of hydrogen-bond donors (Lipinski definition) is 2. The number of aliphatic hydroxyl groups is 1. The minimum Gasteiger partial charge on any atom is -0.394 e. The number of nitriles is 1. The van der Waals surface area contributed by atoms with Crippen LogP contribution in [0.4, 0.5) is 8.78 Å². The van der Waals surface area contributed by atoms with Crippen molar-refractivity contribution in [3.8, 4) is 6.07 Å². The second kappa shape index (κ2) is 6.29. The summed E-state index contributed by atoms with van der Waals surface area (Å²) in [4.78, 5) is 0. The van der Waals surface area contributed by atoms with Gasteiger partial charge in [-0.2, -0.15) is 5.26 Å². The summed E-state index contributed by atoms with van der Waals surface area (Å²) in [5.41, 5.74) is -0.550. The number of halogens is 2. The van der Waals surface area contributed by atoms with Crippen LogP contribution in [0.25, 0.3) is 0 Å². The Balaban J connectivity index is 2.12. The smallest absolute Gasteiger partial charge is 0.131 e. The average molecular weight is 280 g/mol. The number of rotatable bonds is 4. The Morgan fingerprint density at radius 3 is 2.30 bits per heavy atom. The molecule has 3 nitrogen and oxygen atoms in total. The van der Waals surface area contributed by atoms with Crippen LogP contribution in [0.3, 0.4) is 0 Å². The minimum atomic E-state index is -0.724. The predicted octanol–water partition coefficient (Wildman–Crippen LogP) is 2.62. The molecule has 0 heterocycles. The fourth-order valence-corrected chi connectivity index (χ4v) is 2.73. The predicted molar refractivity (Wildman–Crippen MR) is 70.8 cm³/mol. The van der Waals surface area contributed by atoms with Gasteiger partial charge >= 0.3 is 0 Å². The van der Waals surface area contributed by atoms with Crippen LogP contribution in [0.1, 0.15) is 43.2 Å². The summed E-state index contributed by atoms with van der Waals surface area (Å²) in [5, 5.41) is 21.3. The van der Waals surface area contributed by atoms with Crippen molar-refractivity contribution in [2.75, 3.05) is 6.61 Å². The minimum absolute atomic E-state index is 0.0178. The Morgan fingerprint density at radius 1 is 1.20 bits per heavy atom. The van der Waals surface area contributed by atoms with Gasteiger partial charge in [-0.1, -0.05) is 19.3 Å². The monoisotopic (exact) mass is 280 g/mol. The Kier molecular flexibility index (Phi) is 4.69. The van der Waals surface area contributed by atoms with E-state index < -0.39 is 17.2 Å². The van der Waals surface area contributed by atoms with Gasteiger partial charge in [-0.15, -0.1) is 0 Å². The highest BCUT2D eigenvalue weighted by Gasteiger charge is 2.31. The molecular weight excluding hydrogens is 262 g/mol. The fraction of sp³-hybridized carbons (Fsp3) is 0.533. The molecule has 1 aliphatic carbocycles. The van der Waals surface area contributed by atoms with Gasteiger partial charge < -0.3 is 10.4 Å². The SMILES string of the molecule is N#Cc1cc(F)c(CNC2(CO)CCCCC2)c(F)c1. The Bertz CT molecular complexity index is 496. The Morgan fingerprint density at radius 2 is 1.80 bits per heavy atom. The molecule has 0 spiro atoms. The summed E-state index contributed by atoms with van der Waals surface area (Å²) in [6.07, 6.45) is 4.76. The van der Waals surface area contributed by atoms with E-state index in [9.17, 15) is 13.9 Å². The Labute approximate surface area is 117 Å². The Hall–Kier alpha value is -1.51. The first-order valence-electron chi connectivity index (χ1n) is 6.84. The lowest BCUT2D eigenvalue weighted by atomic mass is 9.82. The van der Waals surface area contributed by atoms with Crippen molar-refractivity contribution in [3.63, 3.8) is 0 Å². The highest BCUT2D eigenvalue weighted by molar-refractivity contribution is 5.34. The number of nitrogens with zero attached hydrogens (tertiary/aromatic N) is 1. The largest absolute Gasteiger partial charge is 0.394 e. The first-order chi connectivity index (χ1) is 9.60. The summed E-state index contributed by atoms with van der Waals surface area (Å²) in [6.45, 7) is -0.0174. The van der Waals surface area contributed by atoms with E-state index in [1.54, 1.807) is 6.07 Å². The molecule has 1 aromatic rings. The lowest BCUT2D eigenvalue weighted by molar-refractivity contribution is 0.119. The maximum absolute atomic E-state index is 13.8. The second-order valence-electron chi connectivity index (χ2n) is 5.38. The van der Waals surface area contributed by atoms with E-state index in [2.05, 4.69) is 5.32 Å². The molecule has 108 valence electrons. The third-order valence-electron chi connectivity index (χ3n) is 4.02. The molecule has 1 saturated carbocycles. The summed E-state index contributed by atoms with van der Waals surface area (Å²) < 4.78 is 27.6. The van der Waals surface area contributed by atoms with Gasteiger partial charge in [0.05, 0.1) is 18.2 Å². The topological polar surface area (TPSA) is 56.0 Å². The van der Waals surface area contributed by atoms with Crippen LogP contribution in [0.5, 0.6) is 0 Å². The van der Waals surface area contributed by atoms with Gasteiger partial charge in [0.15, 0.2) is 0 Å². The first-order valence-corrected chi connectivity index (χ1v) is 6.84. The molecule has 1 aliphatic rings. The van der Waals surface area contributed by atoms with Crippen LogP contribution in [0.2, 0.25) is 0 Å². The first kappa shape index (κ1) is 14.9. The molecule has 5 heteroatoms. The third kappa shape index (κ3) is 3.14.